The molecule has 0 N–H and O–H groups in total. The van der Waals surface area contributed by atoms with Crippen LogP contribution in [0.25, 0.3) is 6.08 Å². The molecule has 0 saturated heterocycles. The van der Waals surface area contributed by atoms with E-state index < -0.39 is 4.92 Å². The summed E-state index contributed by atoms with van der Waals surface area (Å²) in [6, 6.07) is 5.44. The van der Waals surface area contributed by atoms with Gasteiger partial charge in [0.1, 0.15) is 0 Å². The lowest BCUT2D eigenvalue weighted by molar-refractivity contribution is -0.384. The SMILES string of the molecule is O=C(/C=C/c1csnn1)c1ccc([N+](=O)[O-])cc1. The van der Waals surface area contributed by atoms with Crippen LogP contribution in [-0.4, -0.2) is 20.3 Å². The molecule has 7 heteroatoms. The van der Waals surface area contributed by atoms with Gasteiger partial charge in [-0.15, -0.1) is 5.10 Å². The van der Waals surface area contributed by atoms with Gasteiger partial charge in [-0.2, -0.15) is 0 Å². The molecule has 0 aliphatic heterocycles. The summed E-state index contributed by atoms with van der Waals surface area (Å²) < 4.78 is 3.66. The number of benzene rings is 1. The number of allylic oxidation sites excluding steroid dienone is 1. The van der Waals surface area contributed by atoms with Crippen molar-refractivity contribution in [3.05, 3.63) is 57.1 Å². The maximum absolute atomic E-state index is 11.7. The zero-order valence-corrected chi connectivity index (χ0v) is 9.83. The van der Waals surface area contributed by atoms with Gasteiger partial charge in [-0.1, -0.05) is 4.49 Å². The summed E-state index contributed by atoms with van der Waals surface area (Å²) in [7, 11) is 0. The van der Waals surface area contributed by atoms with Gasteiger partial charge in [-0.05, 0) is 35.8 Å². The fourth-order valence-electron chi connectivity index (χ4n) is 1.25. The molecule has 0 aliphatic rings. The summed E-state index contributed by atoms with van der Waals surface area (Å²) in [5.74, 6) is -0.238. The van der Waals surface area contributed by atoms with Crippen molar-refractivity contribution in [2.75, 3.05) is 0 Å². The van der Waals surface area contributed by atoms with E-state index in [1.165, 1.54) is 41.9 Å². The summed E-state index contributed by atoms with van der Waals surface area (Å²) in [5.41, 5.74) is 0.953. The lowest BCUT2D eigenvalue weighted by atomic mass is 10.1. The van der Waals surface area contributed by atoms with Crippen molar-refractivity contribution in [3.63, 3.8) is 0 Å². The zero-order valence-electron chi connectivity index (χ0n) is 9.02. The third-order valence-electron chi connectivity index (χ3n) is 2.14. The minimum absolute atomic E-state index is 0.0424. The van der Waals surface area contributed by atoms with E-state index in [2.05, 4.69) is 9.59 Å². The molecular weight excluding hydrogens is 254 g/mol. The van der Waals surface area contributed by atoms with Crippen molar-refractivity contribution >= 4 is 29.1 Å². The molecule has 18 heavy (non-hydrogen) atoms. The quantitative estimate of drug-likeness (QED) is 0.365. The van der Waals surface area contributed by atoms with Crippen molar-refractivity contribution in [2.45, 2.75) is 0 Å². The Kier molecular flexibility index (Phi) is 3.54. The van der Waals surface area contributed by atoms with Crippen LogP contribution in [0.3, 0.4) is 0 Å². The highest BCUT2D eigenvalue weighted by Gasteiger charge is 2.07. The Morgan fingerprint density at radius 3 is 2.61 bits per heavy atom. The Balaban J connectivity index is 2.12. The van der Waals surface area contributed by atoms with E-state index in [1.807, 2.05) is 0 Å². The third-order valence-corrected chi connectivity index (χ3v) is 2.67. The molecule has 1 aromatic heterocycles. The van der Waals surface area contributed by atoms with Crippen molar-refractivity contribution in [2.24, 2.45) is 0 Å². The van der Waals surface area contributed by atoms with Gasteiger partial charge in [-0.3, -0.25) is 14.9 Å². The highest BCUT2D eigenvalue weighted by molar-refractivity contribution is 7.03. The Morgan fingerprint density at radius 2 is 2.06 bits per heavy atom. The van der Waals surface area contributed by atoms with Crippen LogP contribution < -0.4 is 0 Å². The first-order valence-electron chi connectivity index (χ1n) is 4.91. The van der Waals surface area contributed by atoms with E-state index in [1.54, 1.807) is 11.5 Å². The number of ketones is 1. The number of carbonyl (C=O) groups is 1. The first-order valence-corrected chi connectivity index (χ1v) is 5.74. The van der Waals surface area contributed by atoms with Crippen molar-refractivity contribution in [3.8, 4) is 0 Å². The molecule has 0 atom stereocenters. The predicted octanol–water partition coefficient (Wildman–Crippen LogP) is 2.34. The van der Waals surface area contributed by atoms with E-state index in [9.17, 15) is 14.9 Å². The normalized spacial score (nSPS) is 10.7. The van der Waals surface area contributed by atoms with Crippen LogP contribution in [0.2, 0.25) is 0 Å². The molecule has 0 spiro atoms. The molecule has 0 aliphatic carbocycles. The minimum Gasteiger partial charge on any atom is -0.289 e. The van der Waals surface area contributed by atoms with E-state index in [0.29, 0.717) is 11.3 Å². The van der Waals surface area contributed by atoms with Gasteiger partial charge in [0.2, 0.25) is 0 Å². The Morgan fingerprint density at radius 1 is 1.33 bits per heavy atom. The second-order valence-corrected chi connectivity index (χ2v) is 3.94. The largest absolute Gasteiger partial charge is 0.289 e. The minimum atomic E-state index is -0.509. The maximum atomic E-state index is 11.7. The average Bonchev–Trinajstić information content (AvgIpc) is 2.89. The van der Waals surface area contributed by atoms with Crippen molar-refractivity contribution in [1.29, 1.82) is 0 Å². The van der Waals surface area contributed by atoms with Crippen LogP contribution in [0, 0.1) is 10.1 Å². The smallest absolute Gasteiger partial charge is 0.269 e. The Bertz CT molecular complexity index is 591. The molecule has 0 fully saturated rings. The average molecular weight is 261 g/mol. The lowest BCUT2D eigenvalue weighted by Crippen LogP contribution is -1.95. The second-order valence-electron chi connectivity index (χ2n) is 3.33. The van der Waals surface area contributed by atoms with E-state index >= 15 is 0 Å². The maximum Gasteiger partial charge on any atom is 0.269 e. The first-order chi connectivity index (χ1) is 8.66. The lowest BCUT2D eigenvalue weighted by Gasteiger charge is -1.95. The van der Waals surface area contributed by atoms with Crippen LogP contribution in [0.4, 0.5) is 5.69 Å². The molecular formula is C11H7N3O3S. The fourth-order valence-corrected chi connectivity index (χ4v) is 1.67. The highest BCUT2D eigenvalue weighted by Crippen LogP contribution is 2.13. The number of aromatic nitrogens is 2. The Labute approximate surface area is 106 Å². The molecule has 0 saturated carbocycles. The van der Waals surface area contributed by atoms with Gasteiger partial charge in [0.15, 0.2) is 5.78 Å². The van der Waals surface area contributed by atoms with Crippen LogP contribution in [-0.2, 0) is 0 Å². The second kappa shape index (κ2) is 5.28. The van der Waals surface area contributed by atoms with Crippen molar-refractivity contribution in [1.82, 2.24) is 9.59 Å². The Hall–Kier alpha value is -2.41. The van der Waals surface area contributed by atoms with Crippen LogP contribution in [0.5, 0.6) is 0 Å². The van der Waals surface area contributed by atoms with Gasteiger partial charge in [0.05, 0.1) is 10.6 Å². The monoisotopic (exact) mass is 261 g/mol. The fraction of sp³-hybridized carbons (Fsp3) is 0. The van der Waals surface area contributed by atoms with Crippen LogP contribution in [0.1, 0.15) is 16.1 Å². The number of rotatable bonds is 4. The molecule has 2 rings (SSSR count). The first kappa shape index (κ1) is 12.1. The summed E-state index contributed by atoms with van der Waals surface area (Å²) in [6.45, 7) is 0. The number of non-ortho nitro benzene ring substituents is 1. The summed E-state index contributed by atoms with van der Waals surface area (Å²) in [6.07, 6.45) is 2.91. The van der Waals surface area contributed by atoms with E-state index in [-0.39, 0.29) is 11.5 Å². The molecule has 0 radical (unpaired) electrons. The number of nitro groups is 1. The van der Waals surface area contributed by atoms with Gasteiger partial charge in [0.25, 0.3) is 5.69 Å². The third kappa shape index (κ3) is 2.83. The molecule has 1 aromatic carbocycles. The number of hydrogen-bond acceptors (Lipinski definition) is 6. The van der Waals surface area contributed by atoms with Crippen LogP contribution in [0.15, 0.2) is 35.7 Å². The number of nitro benzene ring substituents is 1. The molecule has 2 aromatic rings. The van der Waals surface area contributed by atoms with Gasteiger partial charge in [0, 0.05) is 23.1 Å². The summed E-state index contributed by atoms with van der Waals surface area (Å²) in [5, 5.41) is 15.9. The van der Waals surface area contributed by atoms with Crippen molar-refractivity contribution < 1.29 is 9.72 Å². The van der Waals surface area contributed by atoms with Gasteiger partial charge in [-0.25, -0.2) is 0 Å². The summed E-state index contributed by atoms with van der Waals surface area (Å²) in [4.78, 5) is 21.7. The zero-order chi connectivity index (χ0) is 13.0. The molecule has 0 unspecified atom stereocenters. The molecule has 0 amide bonds. The van der Waals surface area contributed by atoms with Crippen LogP contribution >= 0.6 is 11.5 Å². The topological polar surface area (TPSA) is 86.0 Å². The van der Waals surface area contributed by atoms with Gasteiger partial charge < -0.3 is 0 Å². The van der Waals surface area contributed by atoms with Gasteiger partial charge >= 0.3 is 0 Å². The summed E-state index contributed by atoms with van der Waals surface area (Å²) >= 11 is 1.19. The molecule has 6 nitrogen and oxygen atoms in total. The van der Waals surface area contributed by atoms with E-state index in [4.69, 9.17) is 0 Å². The number of hydrogen-bond donors (Lipinski definition) is 0. The van der Waals surface area contributed by atoms with E-state index in [0.717, 1.165) is 0 Å². The molecule has 90 valence electrons. The number of carbonyl (C=O) groups excluding carboxylic acids is 1. The predicted molar refractivity (Wildman–Crippen MR) is 66.4 cm³/mol. The molecule has 0 bridgehead atoms. The standard InChI is InChI=1S/C11H7N3O3S/c15-11(6-3-9-7-18-13-12-9)8-1-4-10(5-2-8)14(16)17/h1-7H/b6-3+. The molecule has 1 heterocycles. The highest BCUT2D eigenvalue weighted by atomic mass is 32.1. The number of nitrogens with zero attached hydrogens (tertiary/aromatic N) is 3.